The largest absolute Gasteiger partial charge is 0.380 e. The van der Waals surface area contributed by atoms with E-state index in [4.69, 9.17) is 4.74 Å². The predicted molar refractivity (Wildman–Crippen MR) is 70.5 cm³/mol. The molecule has 1 aliphatic heterocycles. The Hall–Kier alpha value is -0.870. The van der Waals surface area contributed by atoms with E-state index in [1.54, 1.807) is 0 Å². The normalized spacial score (nSPS) is 25.5. The van der Waals surface area contributed by atoms with Gasteiger partial charge in [-0.15, -0.1) is 0 Å². The van der Waals surface area contributed by atoms with E-state index in [9.17, 15) is 4.79 Å². The van der Waals surface area contributed by atoms with Crippen LogP contribution in [0.15, 0.2) is 30.3 Å². The minimum absolute atomic E-state index is 0.0381. The van der Waals surface area contributed by atoms with E-state index in [1.807, 2.05) is 37.3 Å². The monoisotopic (exact) mass is 297 g/mol. The Morgan fingerprint density at radius 1 is 1.47 bits per heavy atom. The van der Waals surface area contributed by atoms with Gasteiger partial charge in [-0.2, -0.15) is 0 Å². The average molecular weight is 298 g/mol. The lowest BCUT2D eigenvalue weighted by Gasteiger charge is -2.28. The summed E-state index contributed by atoms with van der Waals surface area (Å²) >= 11 is 3.67. The van der Waals surface area contributed by atoms with E-state index < -0.39 is 0 Å². The number of nitrogens with one attached hydrogen (secondary N) is 1. The number of carbonyl (C=O) groups is 1. The zero-order valence-electron chi connectivity index (χ0n) is 9.78. The molecule has 2 atom stereocenters. The number of ether oxygens (including phenoxy) is 1. The van der Waals surface area contributed by atoms with Crippen molar-refractivity contribution in [1.29, 1.82) is 0 Å². The second-order valence-electron chi connectivity index (χ2n) is 4.40. The van der Waals surface area contributed by atoms with Gasteiger partial charge < -0.3 is 10.1 Å². The number of hydrogen-bond acceptors (Lipinski definition) is 2. The minimum Gasteiger partial charge on any atom is -0.380 e. The smallest absolute Gasteiger partial charge is 0.251 e. The Labute approximate surface area is 110 Å². The maximum absolute atomic E-state index is 12.0. The number of hydrogen-bond donors (Lipinski definition) is 1. The fourth-order valence-corrected chi connectivity index (χ4v) is 2.33. The van der Waals surface area contributed by atoms with Crippen LogP contribution in [-0.4, -0.2) is 29.5 Å². The minimum atomic E-state index is -0.128. The van der Waals surface area contributed by atoms with E-state index in [0.717, 1.165) is 13.0 Å². The second-order valence-corrected chi connectivity index (χ2v) is 5.98. The first kappa shape index (κ1) is 12.6. The van der Waals surface area contributed by atoms with Crippen molar-refractivity contribution in [2.45, 2.75) is 23.7 Å². The molecule has 2 rings (SSSR count). The van der Waals surface area contributed by atoms with Crippen LogP contribution in [0.4, 0.5) is 0 Å². The molecule has 17 heavy (non-hydrogen) atoms. The SMILES string of the molecule is CC(NC(=O)c1ccccc1)C1(Br)CCOC1. The molecular weight excluding hydrogens is 282 g/mol. The highest BCUT2D eigenvalue weighted by atomic mass is 79.9. The van der Waals surface area contributed by atoms with Gasteiger partial charge in [0.15, 0.2) is 0 Å². The van der Waals surface area contributed by atoms with Crippen molar-refractivity contribution in [2.75, 3.05) is 13.2 Å². The molecule has 1 aromatic carbocycles. The van der Waals surface area contributed by atoms with E-state index in [2.05, 4.69) is 21.2 Å². The molecule has 1 aliphatic rings. The molecule has 0 radical (unpaired) electrons. The molecule has 1 aromatic rings. The molecule has 4 heteroatoms. The van der Waals surface area contributed by atoms with Crippen molar-refractivity contribution in [3.8, 4) is 0 Å². The van der Waals surface area contributed by atoms with E-state index >= 15 is 0 Å². The summed E-state index contributed by atoms with van der Waals surface area (Å²) < 4.78 is 5.24. The number of halogens is 1. The molecule has 2 unspecified atom stereocenters. The third-order valence-electron chi connectivity index (χ3n) is 3.16. The molecule has 0 spiro atoms. The van der Waals surface area contributed by atoms with E-state index in [1.165, 1.54) is 0 Å². The summed E-state index contributed by atoms with van der Waals surface area (Å²) in [5.41, 5.74) is 0.689. The summed E-state index contributed by atoms with van der Waals surface area (Å²) in [6, 6.07) is 9.29. The maximum atomic E-state index is 12.0. The van der Waals surface area contributed by atoms with Gasteiger partial charge >= 0.3 is 0 Å². The van der Waals surface area contributed by atoms with Gasteiger partial charge in [0.25, 0.3) is 5.91 Å². The number of carbonyl (C=O) groups excluding carboxylic acids is 1. The Kier molecular flexibility index (Phi) is 3.84. The van der Waals surface area contributed by atoms with Crippen LogP contribution in [0.5, 0.6) is 0 Å². The van der Waals surface area contributed by atoms with Crippen LogP contribution in [0.25, 0.3) is 0 Å². The summed E-state index contributed by atoms with van der Waals surface area (Å²) in [4.78, 5) is 12.0. The summed E-state index contributed by atoms with van der Waals surface area (Å²) in [5.74, 6) is -0.0381. The molecule has 0 saturated carbocycles. The van der Waals surface area contributed by atoms with Crippen LogP contribution < -0.4 is 5.32 Å². The molecular formula is C13H16BrNO2. The predicted octanol–water partition coefficient (Wildman–Crippen LogP) is 2.36. The maximum Gasteiger partial charge on any atom is 0.251 e. The lowest BCUT2D eigenvalue weighted by Crippen LogP contribution is -2.47. The van der Waals surface area contributed by atoms with Gasteiger partial charge in [0.05, 0.1) is 10.9 Å². The number of rotatable bonds is 3. The second kappa shape index (κ2) is 5.19. The number of benzene rings is 1. The Balaban J connectivity index is 1.99. The third kappa shape index (κ3) is 2.87. The highest BCUT2D eigenvalue weighted by Crippen LogP contribution is 2.32. The van der Waals surface area contributed by atoms with E-state index in [-0.39, 0.29) is 16.3 Å². The highest BCUT2D eigenvalue weighted by Gasteiger charge is 2.38. The average Bonchev–Trinajstić information content (AvgIpc) is 2.78. The first-order chi connectivity index (χ1) is 8.12. The van der Waals surface area contributed by atoms with Gasteiger partial charge in [-0.05, 0) is 25.5 Å². The first-order valence-corrected chi connectivity index (χ1v) is 6.54. The fourth-order valence-electron chi connectivity index (χ4n) is 1.90. The van der Waals surface area contributed by atoms with Crippen molar-refractivity contribution >= 4 is 21.8 Å². The molecule has 1 amide bonds. The third-order valence-corrected chi connectivity index (χ3v) is 4.48. The zero-order valence-corrected chi connectivity index (χ0v) is 11.4. The van der Waals surface area contributed by atoms with Crippen molar-refractivity contribution in [3.05, 3.63) is 35.9 Å². The van der Waals surface area contributed by atoms with E-state index in [0.29, 0.717) is 12.2 Å². The Morgan fingerprint density at radius 2 is 2.18 bits per heavy atom. The lowest BCUT2D eigenvalue weighted by atomic mass is 10.00. The molecule has 0 aromatic heterocycles. The van der Waals surface area contributed by atoms with Gasteiger partial charge in [0, 0.05) is 18.2 Å². The van der Waals surface area contributed by atoms with Crippen LogP contribution in [0.3, 0.4) is 0 Å². The molecule has 1 heterocycles. The Bertz CT molecular complexity index is 388. The van der Waals surface area contributed by atoms with Crippen molar-refractivity contribution in [1.82, 2.24) is 5.32 Å². The summed E-state index contributed by atoms with van der Waals surface area (Å²) in [6.45, 7) is 3.39. The fraction of sp³-hybridized carbons (Fsp3) is 0.462. The molecule has 1 fully saturated rings. The number of alkyl halides is 1. The van der Waals surface area contributed by atoms with Crippen molar-refractivity contribution < 1.29 is 9.53 Å². The molecule has 3 nitrogen and oxygen atoms in total. The van der Waals surface area contributed by atoms with Crippen LogP contribution in [0.2, 0.25) is 0 Å². The van der Waals surface area contributed by atoms with Crippen LogP contribution >= 0.6 is 15.9 Å². The number of amides is 1. The van der Waals surface area contributed by atoms with Gasteiger partial charge in [0.2, 0.25) is 0 Å². The van der Waals surface area contributed by atoms with Crippen molar-refractivity contribution in [2.24, 2.45) is 0 Å². The standard InChI is InChI=1S/C13H16BrNO2/c1-10(13(14)7-8-17-9-13)15-12(16)11-5-3-2-4-6-11/h2-6,10H,7-9H2,1H3,(H,15,16). The van der Waals surface area contributed by atoms with Crippen LogP contribution in [0, 0.1) is 0 Å². The molecule has 0 aliphatic carbocycles. The molecule has 92 valence electrons. The summed E-state index contributed by atoms with van der Waals surface area (Å²) in [5, 5.41) is 3.01. The quantitative estimate of drug-likeness (QED) is 0.870. The van der Waals surface area contributed by atoms with Gasteiger partial charge in [-0.25, -0.2) is 0 Å². The summed E-state index contributed by atoms with van der Waals surface area (Å²) in [6.07, 6.45) is 0.920. The van der Waals surface area contributed by atoms with Crippen molar-refractivity contribution in [3.63, 3.8) is 0 Å². The zero-order chi connectivity index (χ0) is 12.3. The van der Waals surface area contributed by atoms with Crippen LogP contribution in [-0.2, 0) is 4.74 Å². The topological polar surface area (TPSA) is 38.3 Å². The lowest BCUT2D eigenvalue weighted by molar-refractivity contribution is 0.0929. The van der Waals surface area contributed by atoms with Gasteiger partial charge in [0.1, 0.15) is 0 Å². The molecule has 0 bridgehead atoms. The van der Waals surface area contributed by atoms with Crippen LogP contribution in [0.1, 0.15) is 23.7 Å². The first-order valence-electron chi connectivity index (χ1n) is 5.74. The Morgan fingerprint density at radius 3 is 2.76 bits per heavy atom. The summed E-state index contributed by atoms with van der Waals surface area (Å²) in [7, 11) is 0. The van der Waals surface area contributed by atoms with Gasteiger partial charge in [-0.3, -0.25) is 4.79 Å². The van der Waals surface area contributed by atoms with Gasteiger partial charge in [-0.1, -0.05) is 34.1 Å². The molecule has 1 saturated heterocycles. The molecule has 1 N–H and O–H groups in total. The highest BCUT2D eigenvalue weighted by molar-refractivity contribution is 9.10.